The topological polar surface area (TPSA) is 54.3 Å². The predicted molar refractivity (Wildman–Crippen MR) is 74.9 cm³/mol. The Morgan fingerprint density at radius 2 is 1.95 bits per heavy atom. The Morgan fingerprint density at radius 3 is 2.58 bits per heavy atom. The molecule has 4 heteroatoms. The second kappa shape index (κ2) is 5.71. The Balaban J connectivity index is 2.26. The Morgan fingerprint density at radius 1 is 1.26 bits per heavy atom. The fraction of sp³-hybridized carbons (Fsp3) is 0.267. The van der Waals surface area contributed by atoms with Crippen LogP contribution in [0.3, 0.4) is 0 Å². The van der Waals surface area contributed by atoms with Gasteiger partial charge in [-0.25, -0.2) is 0 Å². The van der Waals surface area contributed by atoms with Gasteiger partial charge in [-0.15, -0.1) is 0 Å². The van der Waals surface area contributed by atoms with E-state index >= 15 is 0 Å². The first-order valence-corrected chi connectivity index (χ1v) is 6.26. The van der Waals surface area contributed by atoms with Crippen LogP contribution in [0, 0.1) is 0 Å². The Labute approximate surface area is 112 Å². The minimum atomic E-state index is -0.248. The first-order chi connectivity index (χ1) is 9.13. The molecule has 0 aliphatic rings. The number of aliphatic hydroxyl groups excluding tert-OH is 1. The van der Waals surface area contributed by atoms with Crippen molar-refractivity contribution in [2.24, 2.45) is 7.05 Å². The highest BCUT2D eigenvalue weighted by Gasteiger charge is 2.14. The summed E-state index contributed by atoms with van der Waals surface area (Å²) in [5.41, 5.74) is 2.64. The van der Waals surface area contributed by atoms with Crippen molar-refractivity contribution in [1.82, 2.24) is 9.88 Å². The summed E-state index contributed by atoms with van der Waals surface area (Å²) < 4.78 is 1.86. The number of nitrogens with one attached hydrogen (secondary N) is 1. The lowest BCUT2D eigenvalue weighted by molar-refractivity contribution is 0.0914. The van der Waals surface area contributed by atoms with Crippen molar-refractivity contribution in [1.29, 1.82) is 0 Å². The van der Waals surface area contributed by atoms with Crippen LogP contribution in [-0.2, 0) is 7.05 Å². The monoisotopic (exact) mass is 258 g/mol. The third kappa shape index (κ3) is 2.85. The van der Waals surface area contributed by atoms with Crippen molar-refractivity contribution in [3.05, 3.63) is 48.2 Å². The van der Waals surface area contributed by atoms with Gasteiger partial charge < -0.3 is 15.0 Å². The van der Waals surface area contributed by atoms with Crippen molar-refractivity contribution >= 4 is 5.91 Å². The smallest absolute Gasteiger partial charge is 0.268 e. The highest BCUT2D eigenvalue weighted by molar-refractivity contribution is 5.94. The van der Waals surface area contributed by atoms with Crippen molar-refractivity contribution < 1.29 is 9.90 Å². The standard InChI is InChI=1S/C15H18N2O2/c1-11(10-18)16-15(19)14-9-8-13(17(14)2)12-6-4-3-5-7-12/h3-9,11,18H,10H2,1-2H3,(H,16,19). The second-order valence-electron chi connectivity index (χ2n) is 4.59. The predicted octanol–water partition coefficient (Wildman–Crippen LogP) is 1.80. The van der Waals surface area contributed by atoms with E-state index in [1.807, 2.05) is 48.0 Å². The molecule has 1 aromatic heterocycles. The Bertz CT molecular complexity index is 561. The zero-order valence-electron chi connectivity index (χ0n) is 11.1. The molecule has 0 saturated carbocycles. The summed E-state index contributed by atoms with van der Waals surface area (Å²) in [6.45, 7) is 1.70. The molecule has 0 fully saturated rings. The van der Waals surface area contributed by atoms with E-state index in [4.69, 9.17) is 5.11 Å². The van der Waals surface area contributed by atoms with E-state index in [-0.39, 0.29) is 18.6 Å². The van der Waals surface area contributed by atoms with Gasteiger partial charge in [-0.3, -0.25) is 4.79 Å². The zero-order chi connectivity index (χ0) is 13.8. The van der Waals surface area contributed by atoms with Gasteiger partial charge in [-0.05, 0) is 24.6 Å². The molecule has 2 rings (SSSR count). The van der Waals surface area contributed by atoms with Crippen LogP contribution in [0.25, 0.3) is 11.3 Å². The van der Waals surface area contributed by atoms with Gasteiger partial charge >= 0.3 is 0 Å². The molecular formula is C15H18N2O2. The maximum atomic E-state index is 12.0. The van der Waals surface area contributed by atoms with E-state index in [0.29, 0.717) is 5.69 Å². The molecule has 19 heavy (non-hydrogen) atoms. The second-order valence-corrected chi connectivity index (χ2v) is 4.59. The molecule has 1 heterocycles. The van der Waals surface area contributed by atoms with Crippen LogP contribution in [0.15, 0.2) is 42.5 Å². The summed E-state index contributed by atoms with van der Waals surface area (Å²) in [7, 11) is 1.86. The molecule has 0 aliphatic heterocycles. The molecule has 0 saturated heterocycles. The molecule has 0 bridgehead atoms. The average Bonchev–Trinajstić information content (AvgIpc) is 2.81. The third-order valence-corrected chi connectivity index (χ3v) is 3.08. The molecule has 0 aliphatic carbocycles. The first kappa shape index (κ1) is 13.4. The molecule has 1 amide bonds. The Hall–Kier alpha value is -2.07. The molecule has 2 aromatic rings. The maximum absolute atomic E-state index is 12.0. The fourth-order valence-electron chi connectivity index (χ4n) is 1.98. The van der Waals surface area contributed by atoms with E-state index < -0.39 is 0 Å². The highest BCUT2D eigenvalue weighted by atomic mass is 16.3. The van der Waals surface area contributed by atoms with E-state index in [1.54, 1.807) is 13.0 Å². The van der Waals surface area contributed by atoms with Gasteiger partial charge in [0.1, 0.15) is 5.69 Å². The molecule has 1 atom stereocenters. The molecule has 1 unspecified atom stereocenters. The van der Waals surface area contributed by atoms with Gasteiger partial charge in [0, 0.05) is 18.8 Å². The largest absolute Gasteiger partial charge is 0.394 e. The van der Waals surface area contributed by atoms with Crippen LogP contribution in [0.2, 0.25) is 0 Å². The van der Waals surface area contributed by atoms with Gasteiger partial charge in [0.2, 0.25) is 0 Å². The molecule has 4 nitrogen and oxygen atoms in total. The van der Waals surface area contributed by atoms with E-state index in [1.165, 1.54) is 0 Å². The molecule has 0 radical (unpaired) electrons. The van der Waals surface area contributed by atoms with Gasteiger partial charge in [0.05, 0.1) is 6.61 Å². The minimum absolute atomic E-state index is 0.0678. The van der Waals surface area contributed by atoms with Crippen LogP contribution in [0.1, 0.15) is 17.4 Å². The zero-order valence-corrected chi connectivity index (χ0v) is 11.1. The number of aromatic nitrogens is 1. The lowest BCUT2D eigenvalue weighted by atomic mass is 10.2. The van der Waals surface area contributed by atoms with Crippen LogP contribution in [0.5, 0.6) is 0 Å². The number of amides is 1. The molecule has 100 valence electrons. The van der Waals surface area contributed by atoms with Crippen LogP contribution < -0.4 is 5.32 Å². The summed E-state index contributed by atoms with van der Waals surface area (Å²) in [6.07, 6.45) is 0. The summed E-state index contributed by atoms with van der Waals surface area (Å²) in [5.74, 6) is -0.175. The number of nitrogens with zero attached hydrogens (tertiary/aromatic N) is 1. The molecule has 2 N–H and O–H groups in total. The van der Waals surface area contributed by atoms with Crippen LogP contribution in [-0.4, -0.2) is 28.2 Å². The Kier molecular flexibility index (Phi) is 4.02. The number of carbonyl (C=O) groups is 1. The fourth-order valence-corrected chi connectivity index (χ4v) is 1.98. The van der Waals surface area contributed by atoms with Gasteiger partial charge in [-0.2, -0.15) is 0 Å². The van der Waals surface area contributed by atoms with Crippen LogP contribution in [0.4, 0.5) is 0 Å². The SMILES string of the molecule is CC(CO)NC(=O)c1ccc(-c2ccccc2)n1C. The molecule has 0 spiro atoms. The summed E-state index contributed by atoms with van der Waals surface area (Å²) in [5, 5.41) is 11.7. The van der Waals surface area contributed by atoms with Gasteiger partial charge in [0.25, 0.3) is 5.91 Å². The number of rotatable bonds is 4. The van der Waals surface area contributed by atoms with E-state index in [0.717, 1.165) is 11.3 Å². The number of hydrogen-bond acceptors (Lipinski definition) is 2. The van der Waals surface area contributed by atoms with Crippen molar-refractivity contribution in [2.75, 3.05) is 6.61 Å². The maximum Gasteiger partial charge on any atom is 0.268 e. The number of aliphatic hydroxyl groups is 1. The number of carbonyl (C=O) groups excluding carboxylic acids is 1. The number of hydrogen-bond donors (Lipinski definition) is 2. The summed E-state index contributed by atoms with van der Waals surface area (Å²) >= 11 is 0. The van der Waals surface area contributed by atoms with Crippen molar-refractivity contribution in [3.8, 4) is 11.3 Å². The molecular weight excluding hydrogens is 240 g/mol. The average molecular weight is 258 g/mol. The normalized spacial score (nSPS) is 12.2. The lowest BCUT2D eigenvalue weighted by Crippen LogP contribution is -2.35. The quantitative estimate of drug-likeness (QED) is 0.878. The summed E-state index contributed by atoms with van der Waals surface area (Å²) in [6, 6.07) is 13.4. The first-order valence-electron chi connectivity index (χ1n) is 6.26. The van der Waals surface area contributed by atoms with Crippen LogP contribution >= 0.6 is 0 Å². The van der Waals surface area contributed by atoms with Gasteiger partial charge in [-0.1, -0.05) is 30.3 Å². The van der Waals surface area contributed by atoms with Crippen molar-refractivity contribution in [2.45, 2.75) is 13.0 Å². The lowest BCUT2D eigenvalue weighted by Gasteiger charge is -2.12. The summed E-state index contributed by atoms with van der Waals surface area (Å²) in [4.78, 5) is 12.0. The van der Waals surface area contributed by atoms with E-state index in [2.05, 4.69) is 5.32 Å². The molecule has 1 aromatic carbocycles. The number of benzene rings is 1. The third-order valence-electron chi connectivity index (χ3n) is 3.08. The van der Waals surface area contributed by atoms with Crippen molar-refractivity contribution in [3.63, 3.8) is 0 Å². The highest BCUT2D eigenvalue weighted by Crippen LogP contribution is 2.21. The minimum Gasteiger partial charge on any atom is -0.394 e. The van der Waals surface area contributed by atoms with E-state index in [9.17, 15) is 4.79 Å². The van der Waals surface area contributed by atoms with Gasteiger partial charge in [0.15, 0.2) is 0 Å².